The molecule has 24 heavy (non-hydrogen) atoms. The highest BCUT2D eigenvalue weighted by Crippen LogP contribution is 2.23. The number of amides is 1. The largest absolute Gasteiger partial charge is 0.345 e. The molecule has 1 aromatic carbocycles. The quantitative estimate of drug-likeness (QED) is 0.786. The van der Waals surface area contributed by atoms with E-state index in [0.29, 0.717) is 17.8 Å². The van der Waals surface area contributed by atoms with Gasteiger partial charge in [-0.2, -0.15) is 4.68 Å². The van der Waals surface area contributed by atoms with Crippen LogP contribution in [0.1, 0.15) is 41.8 Å². The van der Waals surface area contributed by atoms with Crippen LogP contribution in [0.25, 0.3) is 5.69 Å². The Morgan fingerprint density at radius 1 is 1.29 bits per heavy atom. The van der Waals surface area contributed by atoms with Gasteiger partial charge in [0.15, 0.2) is 0 Å². The standard InChI is InChI=1S/C16H18N6OS/c1-16(2,3)13-9-24-14(19-13)8-17-15(23)11-6-4-5-7-12(11)22-10-18-20-21-22/h4-7,9-10H,8H2,1-3H3,(H,17,23). The van der Waals surface area contributed by atoms with E-state index in [1.807, 2.05) is 17.5 Å². The molecule has 0 saturated carbocycles. The predicted octanol–water partition coefficient (Wildman–Crippen LogP) is 2.35. The molecule has 0 bridgehead atoms. The van der Waals surface area contributed by atoms with E-state index in [4.69, 9.17) is 0 Å². The molecule has 0 unspecified atom stereocenters. The molecule has 124 valence electrons. The van der Waals surface area contributed by atoms with E-state index >= 15 is 0 Å². The van der Waals surface area contributed by atoms with Gasteiger partial charge in [0.2, 0.25) is 0 Å². The van der Waals surface area contributed by atoms with Gasteiger partial charge < -0.3 is 5.32 Å². The molecule has 0 radical (unpaired) electrons. The van der Waals surface area contributed by atoms with E-state index in [9.17, 15) is 4.79 Å². The van der Waals surface area contributed by atoms with E-state index < -0.39 is 0 Å². The van der Waals surface area contributed by atoms with Crippen LogP contribution in [-0.2, 0) is 12.0 Å². The molecule has 0 fully saturated rings. The van der Waals surface area contributed by atoms with E-state index in [1.165, 1.54) is 11.0 Å². The van der Waals surface area contributed by atoms with E-state index in [2.05, 4.69) is 46.6 Å². The molecule has 3 rings (SSSR count). The minimum atomic E-state index is -0.186. The number of nitrogens with one attached hydrogen (secondary N) is 1. The highest BCUT2D eigenvalue weighted by molar-refractivity contribution is 7.09. The fourth-order valence-corrected chi connectivity index (χ4v) is 3.09. The van der Waals surface area contributed by atoms with Gasteiger partial charge in [-0.3, -0.25) is 4.79 Å². The Balaban J connectivity index is 1.73. The highest BCUT2D eigenvalue weighted by atomic mass is 32.1. The van der Waals surface area contributed by atoms with Gasteiger partial charge in [-0.05, 0) is 22.6 Å². The summed E-state index contributed by atoms with van der Waals surface area (Å²) in [7, 11) is 0. The Bertz CT molecular complexity index is 834. The lowest BCUT2D eigenvalue weighted by atomic mass is 9.93. The van der Waals surface area contributed by atoms with Crippen LogP contribution >= 0.6 is 11.3 Å². The number of carbonyl (C=O) groups is 1. The van der Waals surface area contributed by atoms with Crippen molar-refractivity contribution >= 4 is 17.2 Å². The average Bonchev–Trinajstić information content (AvgIpc) is 3.23. The van der Waals surface area contributed by atoms with Gasteiger partial charge in [-0.15, -0.1) is 16.4 Å². The molecule has 0 spiro atoms. The van der Waals surface area contributed by atoms with Crippen LogP contribution in [0.4, 0.5) is 0 Å². The number of aromatic nitrogens is 5. The number of rotatable bonds is 4. The van der Waals surface area contributed by atoms with Crippen molar-refractivity contribution in [3.05, 3.63) is 52.2 Å². The molecule has 2 heterocycles. The SMILES string of the molecule is CC(C)(C)c1csc(CNC(=O)c2ccccc2-n2cnnn2)n1. The van der Waals surface area contributed by atoms with E-state index in [0.717, 1.165) is 10.7 Å². The van der Waals surface area contributed by atoms with Crippen molar-refractivity contribution in [2.24, 2.45) is 0 Å². The minimum absolute atomic E-state index is 0.00541. The molecule has 0 aliphatic carbocycles. The van der Waals surface area contributed by atoms with Crippen LogP contribution in [0.5, 0.6) is 0 Å². The fourth-order valence-electron chi connectivity index (χ4n) is 2.12. The molecule has 2 aromatic heterocycles. The summed E-state index contributed by atoms with van der Waals surface area (Å²) in [6.45, 7) is 6.75. The molecule has 8 heteroatoms. The van der Waals surface area contributed by atoms with Crippen LogP contribution in [0, 0.1) is 0 Å². The lowest BCUT2D eigenvalue weighted by Gasteiger charge is -2.14. The van der Waals surface area contributed by atoms with E-state index in [-0.39, 0.29) is 11.3 Å². The number of para-hydroxylation sites is 1. The highest BCUT2D eigenvalue weighted by Gasteiger charge is 2.18. The van der Waals surface area contributed by atoms with Gasteiger partial charge in [0, 0.05) is 10.8 Å². The second-order valence-corrected chi connectivity index (χ2v) is 7.27. The molecule has 7 nitrogen and oxygen atoms in total. The van der Waals surface area contributed by atoms with Gasteiger partial charge in [-0.25, -0.2) is 4.98 Å². The number of hydrogen-bond acceptors (Lipinski definition) is 6. The lowest BCUT2D eigenvalue weighted by molar-refractivity contribution is 0.0950. The Hall–Kier alpha value is -2.61. The first-order chi connectivity index (χ1) is 11.4. The topological polar surface area (TPSA) is 85.6 Å². The van der Waals surface area contributed by atoms with Gasteiger partial charge >= 0.3 is 0 Å². The Kier molecular flexibility index (Phi) is 4.39. The first-order valence-corrected chi connectivity index (χ1v) is 8.38. The second-order valence-electron chi connectivity index (χ2n) is 6.33. The molecular weight excluding hydrogens is 324 g/mol. The van der Waals surface area contributed by atoms with Crippen molar-refractivity contribution in [3.8, 4) is 5.69 Å². The molecule has 1 N–H and O–H groups in total. The van der Waals surface area contributed by atoms with Crippen molar-refractivity contribution < 1.29 is 4.79 Å². The third-order valence-electron chi connectivity index (χ3n) is 3.46. The van der Waals surface area contributed by atoms with Crippen LogP contribution in [0.15, 0.2) is 36.0 Å². The molecular formula is C16H18N6OS. The van der Waals surface area contributed by atoms with Gasteiger partial charge in [0.05, 0.1) is 23.5 Å². The Morgan fingerprint density at radius 3 is 2.75 bits per heavy atom. The fraction of sp³-hybridized carbons (Fsp3) is 0.312. The number of tetrazole rings is 1. The summed E-state index contributed by atoms with van der Waals surface area (Å²) in [6, 6.07) is 7.19. The number of nitrogens with zero attached hydrogens (tertiary/aromatic N) is 5. The Labute approximate surface area is 143 Å². The lowest BCUT2D eigenvalue weighted by Crippen LogP contribution is -2.24. The number of benzene rings is 1. The zero-order valence-electron chi connectivity index (χ0n) is 13.7. The summed E-state index contributed by atoms with van der Waals surface area (Å²) in [5.74, 6) is -0.186. The Morgan fingerprint density at radius 2 is 2.08 bits per heavy atom. The van der Waals surface area contributed by atoms with Crippen LogP contribution in [0.3, 0.4) is 0 Å². The molecule has 0 aliphatic rings. The first kappa shape index (κ1) is 16.3. The zero-order chi connectivity index (χ0) is 17.2. The first-order valence-electron chi connectivity index (χ1n) is 7.50. The molecule has 1 amide bonds. The van der Waals surface area contributed by atoms with Crippen LogP contribution < -0.4 is 5.32 Å². The number of thiazole rings is 1. The maximum atomic E-state index is 12.5. The summed E-state index contributed by atoms with van der Waals surface area (Å²) >= 11 is 1.55. The van der Waals surface area contributed by atoms with Crippen molar-refractivity contribution in [1.82, 2.24) is 30.5 Å². The van der Waals surface area contributed by atoms with Crippen molar-refractivity contribution in [2.75, 3.05) is 0 Å². The summed E-state index contributed by atoms with van der Waals surface area (Å²) in [5.41, 5.74) is 2.18. The third-order valence-corrected chi connectivity index (χ3v) is 4.31. The average molecular weight is 342 g/mol. The summed E-state index contributed by atoms with van der Waals surface area (Å²) in [4.78, 5) is 17.1. The molecule has 0 atom stereocenters. The summed E-state index contributed by atoms with van der Waals surface area (Å²) < 4.78 is 1.47. The van der Waals surface area contributed by atoms with Gasteiger partial charge in [-0.1, -0.05) is 32.9 Å². The molecule has 3 aromatic rings. The van der Waals surface area contributed by atoms with Gasteiger partial charge in [0.1, 0.15) is 11.3 Å². The summed E-state index contributed by atoms with van der Waals surface area (Å²) in [5, 5.41) is 16.9. The maximum absolute atomic E-state index is 12.5. The minimum Gasteiger partial charge on any atom is -0.345 e. The third kappa shape index (κ3) is 3.48. The van der Waals surface area contributed by atoms with E-state index in [1.54, 1.807) is 23.5 Å². The number of carbonyl (C=O) groups excluding carboxylic acids is 1. The second kappa shape index (κ2) is 6.48. The normalized spacial score (nSPS) is 11.5. The summed E-state index contributed by atoms with van der Waals surface area (Å²) in [6.07, 6.45) is 1.46. The predicted molar refractivity (Wildman–Crippen MR) is 91.1 cm³/mol. The molecule has 0 saturated heterocycles. The van der Waals surface area contributed by atoms with Crippen molar-refractivity contribution in [2.45, 2.75) is 32.7 Å². The smallest absolute Gasteiger partial charge is 0.253 e. The molecule has 0 aliphatic heterocycles. The van der Waals surface area contributed by atoms with Crippen molar-refractivity contribution in [1.29, 1.82) is 0 Å². The maximum Gasteiger partial charge on any atom is 0.253 e. The monoisotopic (exact) mass is 342 g/mol. The van der Waals surface area contributed by atoms with Crippen LogP contribution in [-0.4, -0.2) is 31.1 Å². The zero-order valence-corrected chi connectivity index (χ0v) is 14.5. The van der Waals surface area contributed by atoms with Gasteiger partial charge in [0.25, 0.3) is 5.91 Å². The van der Waals surface area contributed by atoms with Crippen LogP contribution in [0.2, 0.25) is 0 Å². The number of hydrogen-bond donors (Lipinski definition) is 1. The van der Waals surface area contributed by atoms with Crippen molar-refractivity contribution in [3.63, 3.8) is 0 Å².